The molecule has 80 valence electrons. The lowest BCUT2D eigenvalue weighted by atomic mass is 10.3. The molecule has 0 unspecified atom stereocenters. The Morgan fingerprint density at radius 3 is 2.25 bits per heavy atom. The first kappa shape index (κ1) is 10.7. The van der Waals surface area contributed by atoms with Crippen LogP contribution < -0.4 is 0 Å². The average Bonchev–Trinajstić information content (AvgIpc) is 2.31. The molecule has 4 heteroatoms. The average molecular weight is 231 g/mol. The molecule has 0 aromatic heterocycles. The number of nitro groups is 1. The summed E-state index contributed by atoms with van der Waals surface area (Å²) in [5, 5.41) is 10.8. The van der Waals surface area contributed by atoms with Crippen LogP contribution in [0.15, 0.2) is 64.4 Å². The Kier molecular flexibility index (Phi) is 3.22. The van der Waals surface area contributed by atoms with Crippen LogP contribution in [0.5, 0.6) is 0 Å². The molecule has 0 aliphatic carbocycles. The Morgan fingerprint density at radius 1 is 0.938 bits per heavy atom. The zero-order valence-corrected chi connectivity index (χ0v) is 9.18. The Labute approximate surface area is 97.3 Å². The molecule has 3 nitrogen and oxygen atoms in total. The maximum Gasteiger partial charge on any atom is 0.283 e. The monoisotopic (exact) mass is 231 g/mol. The van der Waals surface area contributed by atoms with E-state index in [2.05, 4.69) is 0 Å². The first-order valence-electron chi connectivity index (χ1n) is 4.74. The molecule has 0 N–H and O–H groups in total. The fourth-order valence-corrected chi connectivity index (χ4v) is 2.25. The van der Waals surface area contributed by atoms with Crippen LogP contribution in [0.2, 0.25) is 0 Å². The number of rotatable bonds is 3. The van der Waals surface area contributed by atoms with Crippen LogP contribution in [0.4, 0.5) is 5.69 Å². The van der Waals surface area contributed by atoms with Crippen LogP contribution >= 0.6 is 11.8 Å². The van der Waals surface area contributed by atoms with Gasteiger partial charge in [0, 0.05) is 11.0 Å². The smallest absolute Gasteiger partial charge is 0.258 e. The minimum Gasteiger partial charge on any atom is -0.258 e. The Bertz CT molecular complexity index is 499. The van der Waals surface area contributed by atoms with Crippen LogP contribution in [0, 0.1) is 10.1 Å². The van der Waals surface area contributed by atoms with E-state index < -0.39 is 0 Å². The highest BCUT2D eigenvalue weighted by molar-refractivity contribution is 7.99. The fraction of sp³-hybridized carbons (Fsp3) is 0. The van der Waals surface area contributed by atoms with E-state index >= 15 is 0 Å². The molecular formula is C12H9NO2S. The molecular weight excluding hydrogens is 222 g/mol. The summed E-state index contributed by atoms with van der Waals surface area (Å²) in [7, 11) is 0. The molecule has 0 fully saturated rings. The number of nitro benzene ring substituents is 1. The van der Waals surface area contributed by atoms with Crippen LogP contribution in [0.3, 0.4) is 0 Å². The van der Waals surface area contributed by atoms with Crippen LogP contribution in [0.1, 0.15) is 0 Å². The zero-order chi connectivity index (χ0) is 11.4. The van der Waals surface area contributed by atoms with Gasteiger partial charge in [0.15, 0.2) is 0 Å². The van der Waals surface area contributed by atoms with Crippen molar-refractivity contribution in [1.82, 2.24) is 0 Å². The third-order valence-electron chi connectivity index (χ3n) is 2.03. The molecule has 0 radical (unpaired) electrons. The Balaban J connectivity index is 2.31. The summed E-state index contributed by atoms with van der Waals surface area (Å²) >= 11 is 1.40. The van der Waals surface area contributed by atoms with Crippen LogP contribution in [0.25, 0.3) is 0 Å². The van der Waals surface area contributed by atoms with Crippen molar-refractivity contribution in [3.8, 4) is 0 Å². The number of para-hydroxylation sites is 1. The minimum atomic E-state index is -0.356. The van der Waals surface area contributed by atoms with E-state index in [1.807, 2.05) is 30.3 Å². The SMILES string of the molecule is O=[N+]([O-])c1ccccc1Sc1ccccc1. The van der Waals surface area contributed by atoms with Crippen molar-refractivity contribution >= 4 is 17.4 Å². The zero-order valence-electron chi connectivity index (χ0n) is 8.37. The standard InChI is InChI=1S/C12H9NO2S/c14-13(15)11-8-4-5-9-12(11)16-10-6-2-1-3-7-10/h1-9H. The van der Waals surface area contributed by atoms with Crippen molar-refractivity contribution in [1.29, 1.82) is 0 Å². The summed E-state index contributed by atoms with van der Waals surface area (Å²) in [6, 6.07) is 16.4. The van der Waals surface area contributed by atoms with Gasteiger partial charge in [0.2, 0.25) is 0 Å². The summed E-state index contributed by atoms with van der Waals surface area (Å²) < 4.78 is 0. The molecule has 16 heavy (non-hydrogen) atoms. The van der Waals surface area contributed by atoms with Crippen molar-refractivity contribution in [3.63, 3.8) is 0 Å². The molecule has 0 saturated carbocycles. The number of benzene rings is 2. The molecule has 0 saturated heterocycles. The van der Waals surface area contributed by atoms with Gasteiger partial charge >= 0.3 is 0 Å². The predicted octanol–water partition coefficient (Wildman–Crippen LogP) is 3.75. The quantitative estimate of drug-likeness (QED) is 0.597. The van der Waals surface area contributed by atoms with Gasteiger partial charge in [-0.15, -0.1) is 0 Å². The van der Waals surface area contributed by atoms with Gasteiger partial charge in [-0.05, 0) is 18.2 Å². The van der Waals surface area contributed by atoms with E-state index in [0.717, 1.165) is 4.90 Å². The second kappa shape index (κ2) is 4.81. The summed E-state index contributed by atoms with van der Waals surface area (Å²) in [5.74, 6) is 0. The van der Waals surface area contributed by atoms with E-state index in [9.17, 15) is 10.1 Å². The normalized spacial score (nSPS) is 10.0. The summed E-state index contributed by atoms with van der Waals surface area (Å²) in [6.07, 6.45) is 0. The van der Waals surface area contributed by atoms with Crippen LogP contribution in [-0.2, 0) is 0 Å². The van der Waals surface area contributed by atoms with Crippen molar-refractivity contribution in [2.45, 2.75) is 9.79 Å². The molecule has 0 atom stereocenters. The number of nitrogens with zero attached hydrogens (tertiary/aromatic N) is 1. The van der Waals surface area contributed by atoms with E-state index in [-0.39, 0.29) is 10.6 Å². The molecule has 0 bridgehead atoms. The van der Waals surface area contributed by atoms with Crippen molar-refractivity contribution < 1.29 is 4.92 Å². The second-order valence-electron chi connectivity index (χ2n) is 3.14. The van der Waals surface area contributed by atoms with Gasteiger partial charge in [0.25, 0.3) is 5.69 Å². The third-order valence-corrected chi connectivity index (χ3v) is 3.11. The van der Waals surface area contributed by atoms with Gasteiger partial charge < -0.3 is 0 Å². The lowest BCUT2D eigenvalue weighted by Crippen LogP contribution is -1.89. The van der Waals surface area contributed by atoms with Crippen molar-refractivity contribution in [2.75, 3.05) is 0 Å². The molecule has 2 aromatic carbocycles. The van der Waals surface area contributed by atoms with E-state index in [4.69, 9.17) is 0 Å². The lowest BCUT2D eigenvalue weighted by Gasteiger charge is -2.01. The fourth-order valence-electron chi connectivity index (χ4n) is 1.31. The lowest BCUT2D eigenvalue weighted by molar-refractivity contribution is -0.387. The van der Waals surface area contributed by atoms with Gasteiger partial charge in [0.1, 0.15) is 0 Å². The van der Waals surface area contributed by atoms with E-state index in [1.54, 1.807) is 18.2 Å². The van der Waals surface area contributed by atoms with Gasteiger partial charge in [-0.25, -0.2) is 0 Å². The molecule has 2 aromatic rings. The molecule has 0 spiro atoms. The van der Waals surface area contributed by atoms with Gasteiger partial charge in [0.05, 0.1) is 9.82 Å². The maximum atomic E-state index is 10.8. The van der Waals surface area contributed by atoms with Crippen LogP contribution in [-0.4, -0.2) is 4.92 Å². The maximum absolute atomic E-state index is 10.8. The number of hydrogen-bond donors (Lipinski definition) is 0. The molecule has 0 amide bonds. The largest absolute Gasteiger partial charge is 0.283 e. The van der Waals surface area contributed by atoms with Gasteiger partial charge in [-0.1, -0.05) is 42.1 Å². The first-order chi connectivity index (χ1) is 7.77. The Hall–Kier alpha value is -1.81. The highest BCUT2D eigenvalue weighted by Gasteiger charge is 2.12. The highest BCUT2D eigenvalue weighted by atomic mass is 32.2. The van der Waals surface area contributed by atoms with E-state index in [1.165, 1.54) is 17.8 Å². The third kappa shape index (κ3) is 2.41. The summed E-state index contributed by atoms with van der Waals surface area (Å²) in [4.78, 5) is 12.1. The van der Waals surface area contributed by atoms with Gasteiger partial charge in [-0.3, -0.25) is 10.1 Å². The first-order valence-corrected chi connectivity index (χ1v) is 5.55. The molecule has 2 rings (SSSR count). The van der Waals surface area contributed by atoms with Gasteiger partial charge in [-0.2, -0.15) is 0 Å². The highest BCUT2D eigenvalue weighted by Crippen LogP contribution is 2.33. The summed E-state index contributed by atoms with van der Waals surface area (Å²) in [6.45, 7) is 0. The topological polar surface area (TPSA) is 43.1 Å². The molecule has 0 aliphatic heterocycles. The van der Waals surface area contributed by atoms with Crippen molar-refractivity contribution in [2.24, 2.45) is 0 Å². The second-order valence-corrected chi connectivity index (χ2v) is 4.26. The summed E-state index contributed by atoms with van der Waals surface area (Å²) in [5.41, 5.74) is 0.149. The van der Waals surface area contributed by atoms with E-state index in [0.29, 0.717) is 4.90 Å². The Morgan fingerprint density at radius 2 is 1.56 bits per heavy atom. The number of hydrogen-bond acceptors (Lipinski definition) is 3. The van der Waals surface area contributed by atoms with Crippen molar-refractivity contribution in [3.05, 3.63) is 64.7 Å². The predicted molar refractivity (Wildman–Crippen MR) is 63.7 cm³/mol. The molecule has 0 aliphatic rings. The molecule has 0 heterocycles. The minimum absolute atomic E-state index is 0.149.